The molecular weight excluding hydrogens is 707 g/mol. The van der Waals surface area contributed by atoms with E-state index in [4.69, 9.17) is 4.74 Å². The van der Waals surface area contributed by atoms with E-state index < -0.39 is 35.7 Å². The minimum atomic E-state index is -1.07. The highest BCUT2D eigenvalue weighted by atomic mass is 16.5. The molecule has 11 nitrogen and oxygen atoms in total. The van der Waals surface area contributed by atoms with Gasteiger partial charge >= 0.3 is 6.03 Å². The van der Waals surface area contributed by atoms with Gasteiger partial charge in [-0.15, -0.1) is 6.58 Å². The van der Waals surface area contributed by atoms with Gasteiger partial charge < -0.3 is 30.9 Å². The van der Waals surface area contributed by atoms with Gasteiger partial charge in [0.1, 0.15) is 12.1 Å². The van der Waals surface area contributed by atoms with Gasteiger partial charge in [-0.05, 0) is 111 Å². The molecule has 1 heterocycles. The lowest BCUT2D eigenvalue weighted by Crippen LogP contribution is -2.64. The number of amides is 5. The Balaban J connectivity index is 0.991. The lowest BCUT2D eigenvalue weighted by Gasteiger charge is -2.56. The van der Waals surface area contributed by atoms with Crippen molar-refractivity contribution in [3.8, 4) is 0 Å². The van der Waals surface area contributed by atoms with E-state index in [1.54, 1.807) is 23.1 Å². The predicted octanol–water partition coefficient (Wildman–Crippen LogP) is 5.60. The highest BCUT2D eigenvalue weighted by Gasteiger charge is 2.70. The van der Waals surface area contributed by atoms with E-state index >= 15 is 0 Å². The van der Waals surface area contributed by atoms with E-state index in [2.05, 4.69) is 41.7 Å². The van der Waals surface area contributed by atoms with Crippen LogP contribution in [0.3, 0.4) is 0 Å². The number of nitrogens with zero attached hydrogens (tertiary/aromatic N) is 1. The van der Waals surface area contributed by atoms with E-state index in [0.717, 1.165) is 56.9 Å². The molecule has 56 heavy (non-hydrogen) atoms. The maximum absolute atomic E-state index is 14.8. The van der Waals surface area contributed by atoms with Crippen molar-refractivity contribution in [3.05, 3.63) is 60.7 Å². The number of piperidine rings is 1. The molecule has 5 amide bonds. The van der Waals surface area contributed by atoms with Crippen molar-refractivity contribution in [1.29, 1.82) is 0 Å². The van der Waals surface area contributed by atoms with Gasteiger partial charge in [-0.25, -0.2) is 4.79 Å². The number of ketones is 1. The maximum Gasteiger partial charge on any atom is 0.315 e. The molecule has 0 radical (unpaired) electrons. The number of fused-ring (bicyclic) bond motifs is 1. The molecule has 1 saturated heterocycles. The third-order valence-corrected chi connectivity index (χ3v) is 14.2. The maximum atomic E-state index is 14.8. The van der Waals surface area contributed by atoms with Crippen LogP contribution >= 0.6 is 0 Å². The highest BCUT2D eigenvalue weighted by Crippen LogP contribution is 2.65. The van der Waals surface area contributed by atoms with E-state index in [9.17, 15) is 24.0 Å². The molecule has 0 unspecified atom stereocenters. The Hall–Kier alpha value is -3.99. The first kappa shape index (κ1) is 40.2. The Kier molecular flexibility index (Phi) is 12.4. The van der Waals surface area contributed by atoms with Crippen molar-refractivity contribution in [2.45, 2.75) is 128 Å². The molecule has 6 saturated carbocycles. The second-order valence-corrected chi connectivity index (χ2v) is 18.5. The fourth-order valence-electron chi connectivity index (χ4n) is 11.7. The standard InChI is InChI=1S/C45H63N5O6/c1-4-5-18-35(39(51)41(53)46-19-12-13-20-56-28-29-14-8-6-9-15-29)47-40(52)38-36-34(44(36,2)3)27-50(38)42(54)37(33-16-10-7-11-17-33)48-43(55)49-45-24-30-21-31(25-45)23-32(22-30)26-45/h4,6,8-9,12-15,30-38H,1,5,7,10-11,16-28H2,2-3H3,(H,46,53)(H,47,52)(H2,48,49,55)/b13-12+/t30?,31?,32?,34-,35-,36-,37-,38-,45?/m0/s1. The van der Waals surface area contributed by atoms with Crippen molar-refractivity contribution in [3.63, 3.8) is 0 Å². The molecule has 7 fully saturated rings. The average Bonchev–Trinajstić information content (AvgIpc) is 3.46. The summed E-state index contributed by atoms with van der Waals surface area (Å²) in [6.45, 7) is 9.40. The zero-order valence-corrected chi connectivity index (χ0v) is 33.4. The Morgan fingerprint density at radius 1 is 0.929 bits per heavy atom. The summed E-state index contributed by atoms with van der Waals surface area (Å²) in [6.07, 6.45) is 17.5. The molecule has 304 valence electrons. The van der Waals surface area contributed by atoms with Crippen LogP contribution in [-0.4, -0.2) is 77.8 Å². The molecule has 7 aliphatic rings. The summed E-state index contributed by atoms with van der Waals surface area (Å²) in [4.78, 5) is 71.3. The average molecular weight is 770 g/mol. The molecular formula is C45H63N5O6. The van der Waals surface area contributed by atoms with Crippen LogP contribution in [0.15, 0.2) is 55.1 Å². The van der Waals surface area contributed by atoms with Crippen LogP contribution in [0.25, 0.3) is 0 Å². The summed E-state index contributed by atoms with van der Waals surface area (Å²) >= 11 is 0. The SMILES string of the molecule is C=CCC[C@H](NC(=O)[C@@H]1[C@@H]2[C@H](CN1C(=O)[C@@H](NC(=O)NC13CC4CC(CC(C4)C1)C3)C1CCCCC1)C2(C)C)C(=O)C(=O)NC/C=C/COCc1ccccc1. The van der Waals surface area contributed by atoms with Crippen molar-refractivity contribution in [1.82, 2.24) is 26.2 Å². The molecule has 0 spiro atoms. The number of urea groups is 1. The molecule has 1 aliphatic heterocycles. The van der Waals surface area contributed by atoms with Crippen molar-refractivity contribution < 1.29 is 28.7 Å². The number of rotatable bonds is 17. The zero-order valence-electron chi connectivity index (χ0n) is 33.4. The summed E-state index contributed by atoms with van der Waals surface area (Å²) in [5, 5.41) is 12.2. The minimum Gasteiger partial charge on any atom is -0.373 e. The predicted molar refractivity (Wildman–Crippen MR) is 214 cm³/mol. The number of carbonyl (C=O) groups is 5. The van der Waals surface area contributed by atoms with Crippen molar-refractivity contribution in [2.75, 3.05) is 19.7 Å². The quantitative estimate of drug-likeness (QED) is 0.0924. The first-order valence-corrected chi connectivity index (χ1v) is 21.4. The second-order valence-electron chi connectivity index (χ2n) is 18.5. The van der Waals surface area contributed by atoms with Crippen LogP contribution in [0.4, 0.5) is 4.79 Å². The minimum absolute atomic E-state index is 0.0119. The van der Waals surface area contributed by atoms with E-state index in [0.29, 0.717) is 43.9 Å². The zero-order chi connectivity index (χ0) is 39.5. The number of Topliss-reactive ketones (excluding diaryl/α,β-unsaturated/α-hetero) is 1. The fraction of sp³-hybridized carbons (Fsp3) is 0.667. The fourth-order valence-corrected chi connectivity index (χ4v) is 11.7. The topological polar surface area (TPSA) is 146 Å². The first-order valence-electron chi connectivity index (χ1n) is 21.4. The highest BCUT2D eigenvalue weighted by molar-refractivity contribution is 6.38. The smallest absolute Gasteiger partial charge is 0.315 e. The first-order chi connectivity index (χ1) is 27.0. The number of likely N-dealkylation sites (tertiary alicyclic amines) is 1. The number of nitrogens with one attached hydrogen (secondary N) is 4. The largest absolute Gasteiger partial charge is 0.373 e. The second kappa shape index (κ2) is 17.2. The summed E-state index contributed by atoms with van der Waals surface area (Å²) in [6, 6.07) is 6.95. The summed E-state index contributed by atoms with van der Waals surface area (Å²) in [5.41, 5.74) is 0.721. The third kappa shape index (κ3) is 8.93. The van der Waals surface area contributed by atoms with Gasteiger partial charge in [-0.1, -0.05) is 81.7 Å². The van der Waals surface area contributed by atoms with E-state index in [1.165, 1.54) is 19.3 Å². The Morgan fingerprint density at radius 3 is 2.27 bits per heavy atom. The van der Waals surface area contributed by atoms with Crippen LogP contribution in [0.5, 0.6) is 0 Å². The number of hydrogen-bond donors (Lipinski definition) is 4. The lowest BCUT2D eigenvalue weighted by molar-refractivity contribution is -0.144. The van der Waals surface area contributed by atoms with Crippen LogP contribution in [-0.2, 0) is 30.5 Å². The monoisotopic (exact) mass is 769 g/mol. The van der Waals surface area contributed by atoms with Gasteiger partial charge in [0, 0.05) is 18.6 Å². The van der Waals surface area contributed by atoms with Crippen molar-refractivity contribution in [2.24, 2.45) is 40.9 Å². The number of allylic oxidation sites excluding steroid dienone is 1. The third-order valence-electron chi connectivity index (χ3n) is 14.2. The molecule has 1 aromatic carbocycles. The van der Waals surface area contributed by atoms with Gasteiger partial charge in [-0.3, -0.25) is 19.2 Å². The van der Waals surface area contributed by atoms with Gasteiger partial charge in [0.2, 0.25) is 17.6 Å². The van der Waals surface area contributed by atoms with Crippen LogP contribution in [0.2, 0.25) is 0 Å². The molecule has 0 aromatic heterocycles. The normalized spacial score (nSPS) is 30.9. The van der Waals surface area contributed by atoms with Gasteiger partial charge in [0.25, 0.3) is 5.91 Å². The number of ether oxygens (including phenoxy) is 1. The molecule has 11 heteroatoms. The summed E-state index contributed by atoms with van der Waals surface area (Å²) < 4.78 is 5.64. The number of benzene rings is 1. The lowest BCUT2D eigenvalue weighted by atomic mass is 9.53. The Labute approximate surface area is 332 Å². The van der Waals surface area contributed by atoms with E-state index in [1.807, 2.05) is 30.3 Å². The van der Waals surface area contributed by atoms with E-state index in [-0.39, 0.29) is 53.6 Å². The van der Waals surface area contributed by atoms with Crippen LogP contribution in [0, 0.1) is 40.9 Å². The Morgan fingerprint density at radius 2 is 1.61 bits per heavy atom. The summed E-state index contributed by atoms with van der Waals surface area (Å²) in [7, 11) is 0. The van der Waals surface area contributed by atoms with Gasteiger partial charge in [0.15, 0.2) is 0 Å². The number of hydrogen-bond acceptors (Lipinski definition) is 6. The van der Waals surface area contributed by atoms with Gasteiger partial charge in [0.05, 0.1) is 19.3 Å². The molecule has 5 atom stereocenters. The number of carbonyl (C=O) groups excluding carboxylic acids is 5. The van der Waals surface area contributed by atoms with Gasteiger partial charge in [-0.2, -0.15) is 0 Å². The van der Waals surface area contributed by atoms with Crippen LogP contribution < -0.4 is 21.3 Å². The Bertz CT molecular complexity index is 1620. The molecule has 6 aliphatic carbocycles. The van der Waals surface area contributed by atoms with Crippen LogP contribution in [0.1, 0.15) is 103 Å². The van der Waals surface area contributed by atoms with Crippen molar-refractivity contribution >= 4 is 29.5 Å². The molecule has 8 rings (SSSR count). The molecule has 4 N–H and O–H groups in total. The summed E-state index contributed by atoms with van der Waals surface area (Å²) in [5.74, 6) is -0.104. The molecule has 1 aromatic rings. The molecule has 4 bridgehead atoms.